The summed E-state index contributed by atoms with van der Waals surface area (Å²) in [5, 5.41) is 0. The predicted molar refractivity (Wildman–Crippen MR) is 82.2 cm³/mol. The van der Waals surface area contributed by atoms with Crippen molar-refractivity contribution in [1.82, 2.24) is 9.55 Å². The van der Waals surface area contributed by atoms with Crippen LogP contribution in [-0.2, 0) is 6.54 Å². The molecule has 0 aliphatic carbocycles. The first-order valence-corrected chi connectivity index (χ1v) is 6.99. The molecule has 2 aromatic carbocycles. The Morgan fingerprint density at radius 3 is 2.10 bits per heavy atom. The minimum Gasteiger partial charge on any atom is -0.321 e. The molecule has 0 amide bonds. The lowest BCUT2D eigenvalue weighted by atomic mass is 10.0. The summed E-state index contributed by atoms with van der Waals surface area (Å²) in [6, 6.07) is 20.7. The van der Waals surface area contributed by atoms with Gasteiger partial charge in [-0.3, -0.25) is 0 Å². The van der Waals surface area contributed by atoms with Gasteiger partial charge >= 0.3 is 0 Å². The minimum absolute atomic E-state index is 0.935. The van der Waals surface area contributed by atoms with Crippen molar-refractivity contribution in [1.29, 1.82) is 0 Å². The maximum atomic E-state index is 4.52. The third kappa shape index (κ3) is 2.37. The van der Waals surface area contributed by atoms with Gasteiger partial charge in [-0.25, -0.2) is 4.98 Å². The SMILES string of the molecule is CCCn1[c]nc(-c2ccccc2)c1-c1ccccc1. The van der Waals surface area contributed by atoms with Crippen molar-refractivity contribution >= 4 is 0 Å². The summed E-state index contributed by atoms with van der Waals surface area (Å²) in [5.41, 5.74) is 4.48. The Labute approximate surface area is 119 Å². The number of benzene rings is 2. The van der Waals surface area contributed by atoms with Crippen molar-refractivity contribution in [3.8, 4) is 22.5 Å². The van der Waals surface area contributed by atoms with E-state index in [0.29, 0.717) is 0 Å². The van der Waals surface area contributed by atoms with E-state index in [4.69, 9.17) is 0 Å². The Kier molecular flexibility index (Phi) is 3.64. The fourth-order valence-corrected chi connectivity index (χ4v) is 2.41. The molecule has 2 nitrogen and oxygen atoms in total. The Morgan fingerprint density at radius 1 is 0.900 bits per heavy atom. The Bertz CT molecular complexity index is 669. The molecule has 3 rings (SSSR count). The van der Waals surface area contributed by atoms with Crippen LogP contribution in [0, 0.1) is 6.33 Å². The van der Waals surface area contributed by atoms with Crippen LogP contribution in [0.4, 0.5) is 0 Å². The van der Waals surface area contributed by atoms with E-state index >= 15 is 0 Å². The zero-order valence-electron chi connectivity index (χ0n) is 11.6. The summed E-state index contributed by atoms with van der Waals surface area (Å²) >= 11 is 0. The fourth-order valence-electron chi connectivity index (χ4n) is 2.41. The molecule has 0 saturated carbocycles. The highest BCUT2D eigenvalue weighted by molar-refractivity contribution is 5.78. The van der Waals surface area contributed by atoms with Gasteiger partial charge in [0.25, 0.3) is 0 Å². The monoisotopic (exact) mass is 261 g/mol. The Hall–Kier alpha value is -2.35. The first-order chi connectivity index (χ1) is 9.90. The van der Waals surface area contributed by atoms with Crippen LogP contribution < -0.4 is 0 Å². The third-order valence-electron chi connectivity index (χ3n) is 3.32. The summed E-state index contributed by atoms with van der Waals surface area (Å²) in [6.07, 6.45) is 4.21. The molecule has 0 bridgehead atoms. The largest absolute Gasteiger partial charge is 0.321 e. The van der Waals surface area contributed by atoms with Crippen molar-refractivity contribution in [2.45, 2.75) is 19.9 Å². The molecule has 0 spiro atoms. The van der Waals surface area contributed by atoms with Crippen LogP contribution in [0.5, 0.6) is 0 Å². The second-order valence-corrected chi connectivity index (χ2v) is 4.79. The number of aromatic nitrogens is 2. The van der Waals surface area contributed by atoms with E-state index in [-0.39, 0.29) is 0 Å². The van der Waals surface area contributed by atoms with E-state index in [1.165, 1.54) is 5.56 Å². The maximum Gasteiger partial charge on any atom is 0.177 e. The highest BCUT2D eigenvalue weighted by Gasteiger charge is 2.14. The van der Waals surface area contributed by atoms with Crippen LogP contribution >= 0.6 is 0 Å². The van der Waals surface area contributed by atoms with E-state index in [1.807, 2.05) is 24.3 Å². The molecule has 3 aromatic rings. The molecule has 0 unspecified atom stereocenters. The Balaban J connectivity index is 2.17. The van der Waals surface area contributed by atoms with Crippen LogP contribution in [0.2, 0.25) is 0 Å². The highest BCUT2D eigenvalue weighted by atomic mass is 15.1. The van der Waals surface area contributed by atoms with Crippen LogP contribution in [0.3, 0.4) is 0 Å². The van der Waals surface area contributed by atoms with Gasteiger partial charge in [0.1, 0.15) is 0 Å². The molecular formula is C18H17N2. The molecule has 1 heterocycles. The normalized spacial score (nSPS) is 10.7. The van der Waals surface area contributed by atoms with Gasteiger partial charge in [0.2, 0.25) is 0 Å². The van der Waals surface area contributed by atoms with Crippen molar-refractivity contribution < 1.29 is 0 Å². The smallest absolute Gasteiger partial charge is 0.177 e. The minimum atomic E-state index is 0.935. The van der Waals surface area contributed by atoms with E-state index in [9.17, 15) is 0 Å². The van der Waals surface area contributed by atoms with Gasteiger partial charge in [0.05, 0.1) is 11.4 Å². The summed E-state index contributed by atoms with van der Waals surface area (Å²) in [7, 11) is 0. The second-order valence-electron chi connectivity index (χ2n) is 4.79. The standard InChI is InChI=1S/C18H17N2/c1-2-13-20-14-19-17(15-9-5-3-6-10-15)18(20)16-11-7-4-8-12-16/h3-12H,2,13H2,1H3. The Morgan fingerprint density at radius 2 is 1.50 bits per heavy atom. The van der Waals surface area contributed by atoms with E-state index < -0.39 is 0 Å². The zero-order chi connectivity index (χ0) is 13.8. The maximum absolute atomic E-state index is 4.52. The van der Waals surface area contributed by atoms with Gasteiger partial charge in [-0.05, 0) is 6.42 Å². The van der Waals surface area contributed by atoms with Crippen LogP contribution in [0.25, 0.3) is 22.5 Å². The molecule has 99 valence electrons. The lowest BCUT2D eigenvalue weighted by molar-refractivity contribution is 0.679. The number of hydrogen-bond acceptors (Lipinski definition) is 1. The van der Waals surface area contributed by atoms with Gasteiger partial charge < -0.3 is 4.57 Å². The summed E-state index contributed by atoms with van der Waals surface area (Å²) in [5.74, 6) is 0. The average molecular weight is 261 g/mol. The lowest BCUT2D eigenvalue weighted by Crippen LogP contribution is -1.98. The highest BCUT2D eigenvalue weighted by Crippen LogP contribution is 2.30. The first-order valence-electron chi connectivity index (χ1n) is 6.99. The summed E-state index contributed by atoms with van der Waals surface area (Å²) in [6.45, 7) is 3.11. The van der Waals surface area contributed by atoms with Crippen LogP contribution in [-0.4, -0.2) is 9.55 Å². The zero-order valence-corrected chi connectivity index (χ0v) is 11.6. The summed E-state index contributed by atoms with van der Waals surface area (Å²) in [4.78, 5) is 4.52. The van der Waals surface area contributed by atoms with Gasteiger partial charge in [-0.2, -0.15) is 0 Å². The molecule has 0 atom stereocenters. The molecule has 0 saturated heterocycles. The lowest BCUT2D eigenvalue weighted by Gasteiger charge is -2.09. The van der Waals surface area contributed by atoms with Crippen molar-refractivity contribution in [2.24, 2.45) is 0 Å². The number of imidazole rings is 1. The predicted octanol–water partition coefficient (Wildman–Crippen LogP) is 4.43. The van der Waals surface area contributed by atoms with Crippen LogP contribution in [0.15, 0.2) is 60.7 Å². The quantitative estimate of drug-likeness (QED) is 0.679. The molecule has 1 aromatic heterocycles. The van der Waals surface area contributed by atoms with E-state index in [1.54, 1.807) is 0 Å². The molecule has 1 radical (unpaired) electrons. The molecule has 0 aliphatic rings. The van der Waals surface area contributed by atoms with E-state index in [2.05, 4.69) is 59.2 Å². The van der Waals surface area contributed by atoms with Gasteiger partial charge in [0.15, 0.2) is 6.33 Å². The van der Waals surface area contributed by atoms with Crippen molar-refractivity contribution in [3.05, 3.63) is 67.0 Å². The van der Waals surface area contributed by atoms with Crippen LogP contribution in [0.1, 0.15) is 13.3 Å². The number of aryl methyl sites for hydroxylation is 1. The van der Waals surface area contributed by atoms with Gasteiger partial charge in [-0.15, -0.1) is 0 Å². The van der Waals surface area contributed by atoms with Gasteiger partial charge in [-0.1, -0.05) is 67.6 Å². The molecule has 0 N–H and O–H groups in total. The molecule has 0 fully saturated rings. The molecule has 0 aliphatic heterocycles. The van der Waals surface area contributed by atoms with Crippen molar-refractivity contribution in [3.63, 3.8) is 0 Å². The summed E-state index contributed by atoms with van der Waals surface area (Å²) < 4.78 is 2.12. The van der Waals surface area contributed by atoms with Gasteiger partial charge in [0, 0.05) is 17.7 Å². The number of nitrogens with zero attached hydrogens (tertiary/aromatic N) is 2. The van der Waals surface area contributed by atoms with Crippen molar-refractivity contribution in [2.75, 3.05) is 0 Å². The third-order valence-corrected chi connectivity index (χ3v) is 3.32. The number of rotatable bonds is 4. The fraction of sp³-hybridized carbons (Fsp3) is 0.167. The average Bonchev–Trinajstić information content (AvgIpc) is 2.93. The molecular weight excluding hydrogens is 244 g/mol. The second kappa shape index (κ2) is 5.74. The topological polar surface area (TPSA) is 17.8 Å². The molecule has 2 heteroatoms. The first kappa shape index (κ1) is 12.7. The van der Waals surface area contributed by atoms with E-state index in [0.717, 1.165) is 29.9 Å². The molecule has 20 heavy (non-hydrogen) atoms. The number of hydrogen-bond donors (Lipinski definition) is 0.